The third kappa shape index (κ3) is 4.31. The molecule has 2 aliphatic rings. The SMILES string of the molecule is O=C(NCC(c1ccccc1Cl)N1CCCC1)c1cc(-c2ccc3c(c2)OCCO3)on1. The lowest BCUT2D eigenvalue weighted by Gasteiger charge is -2.28. The number of amides is 1. The number of nitrogens with zero attached hydrogens (tertiary/aromatic N) is 2. The van der Waals surface area contributed by atoms with Gasteiger partial charge in [-0.3, -0.25) is 9.69 Å². The van der Waals surface area contributed by atoms with Crippen molar-refractivity contribution in [3.05, 3.63) is 64.8 Å². The Hall–Kier alpha value is -3.03. The van der Waals surface area contributed by atoms with Crippen LogP contribution in [0.4, 0.5) is 0 Å². The molecule has 8 heteroatoms. The Morgan fingerprint density at radius 1 is 1.06 bits per heavy atom. The zero-order valence-corrected chi connectivity index (χ0v) is 18.3. The maximum Gasteiger partial charge on any atom is 0.273 e. The second-order valence-electron chi connectivity index (χ2n) is 7.93. The molecule has 3 heterocycles. The molecule has 5 rings (SSSR count). The number of aromatic nitrogens is 1. The third-order valence-corrected chi connectivity index (χ3v) is 6.22. The van der Waals surface area contributed by atoms with Crippen molar-refractivity contribution >= 4 is 17.5 Å². The summed E-state index contributed by atoms with van der Waals surface area (Å²) in [6.07, 6.45) is 2.30. The molecule has 0 bridgehead atoms. The highest BCUT2D eigenvalue weighted by atomic mass is 35.5. The highest BCUT2D eigenvalue weighted by Gasteiger charge is 2.26. The molecule has 3 aromatic rings. The molecule has 0 spiro atoms. The molecule has 1 unspecified atom stereocenters. The first-order valence-corrected chi connectivity index (χ1v) is 11.2. The summed E-state index contributed by atoms with van der Waals surface area (Å²) in [7, 11) is 0. The fourth-order valence-corrected chi connectivity index (χ4v) is 4.49. The number of nitrogens with one attached hydrogen (secondary N) is 1. The van der Waals surface area contributed by atoms with Gasteiger partial charge in [0, 0.05) is 23.2 Å². The first kappa shape index (κ1) is 20.8. The smallest absolute Gasteiger partial charge is 0.273 e. The Labute approximate surface area is 191 Å². The number of rotatable bonds is 6. The lowest BCUT2D eigenvalue weighted by molar-refractivity contribution is 0.0929. The van der Waals surface area contributed by atoms with Crippen LogP contribution in [0, 0.1) is 0 Å². The largest absolute Gasteiger partial charge is 0.486 e. The summed E-state index contributed by atoms with van der Waals surface area (Å²) in [5, 5.41) is 7.69. The Morgan fingerprint density at radius 2 is 1.84 bits per heavy atom. The normalized spacial score (nSPS) is 16.7. The van der Waals surface area contributed by atoms with Gasteiger partial charge in [0.1, 0.15) is 13.2 Å². The van der Waals surface area contributed by atoms with Gasteiger partial charge in [-0.2, -0.15) is 0 Å². The number of halogens is 1. The van der Waals surface area contributed by atoms with Gasteiger partial charge in [0.05, 0.1) is 6.04 Å². The van der Waals surface area contributed by atoms with Crippen molar-refractivity contribution in [2.24, 2.45) is 0 Å². The number of carbonyl (C=O) groups excluding carboxylic acids is 1. The molecule has 0 aliphatic carbocycles. The van der Waals surface area contributed by atoms with Crippen LogP contribution >= 0.6 is 11.6 Å². The topological polar surface area (TPSA) is 76.8 Å². The average molecular weight is 454 g/mol. The van der Waals surface area contributed by atoms with Gasteiger partial charge in [-0.1, -0.05) is 35.0 Å². The van der Waals surface area contributed by atoms with Crippen LogP contribution in [-0.2, 0) is 0 Å². The van der Waals surface area contributed by atoms with Crippen LogP contribution in [-0.4, -0.2) is 48.8 Å². The fraction of sp³-hybridized carbons (Fsp3) is 0.333. The molecule has 7 nitrogen and oxygen atoms in total. The van der Waals surface area contributed by atoms with Gasteiger partial charge in [0.2, 0.25) is 0 Å². The molecule has 1 atom stereocenters. The van der Waals surface area contributed by atoms with E-state index in [0.717, 1.165) is 37.1 Å². The van der Waals surface area contributed by atoms with E-state index in [1.807, 2.05) is 42.5 Å². The summed E-state index contributed by atoms with van der Waals surface area (Å²) in [5.74, 6) is 1.57. The molecule has 1 saturated heterocycles. The number of benzene rings is 2. The predicted octanol–water partition coefficient (Wildman–Crippen LogP) is 4.33. The zero-order chi connectivity index (χ0) is 21.9. The lowest BCUT2D eigenvalue weighted by atomic mass is 10.1. The minimum Gasteiger partial charge on any atom is -0.486 e. The Balaban J connectivity index is 1.29. The molecule has 2 aromatic carbocycles. The molecule has 0 radical (unpaired) electrons. The number of hydrogen-bond acceptors (Lipinski definition) is 6. The molecular weight excluding hydrogens is 430 g/mol. The van der Waals surface area contributed by atoms with E-state index >= 15 is 0 Å². The van der Waals surface area contributed by atoms with E-state index in [9.17, 15) is 4.79 Å². The van der Waals surface area contributed by atoms with E-state index in [0.29, 0.717) is 42.0 Å². The van der Waals surface area contributed by atoms with E-state index in [4.69, 9.17) is 25.6 Å². The molecule has 0 saturated carbocycles. The summed E-state index contributed by atoms with van der Waals surface area (Å²) in [6, 6.07) is 15.0. The van der Waals surface area contributed by atoms with E-state index in [-0.39, 0.29) is 17.6 Å². The monoisotopic (exact) mass is 453 g/mol. The van der Waals surface area contributed by atoms with Crippen molar-refractivity contribution < 1.29 is 18.8 Å². The molecule has 2 aliphatic heterocycles. The van der Waals surface area contributed by atoms with Crippen LogP contribution in [0.1, 0.15) is 34.9 Å². The lowest BCUT2D eigenvalue weighted by Crippen LogP contribution is -2.37. The summed E-state index contributed by atoms with van der Waals surface area (Å²) >= 11 is 6.47. The van der Waals surface area contributed by atoms with Gasteiger partial charge in [-0.15, -0.1) is 0 Å². The average Bonchev–Trinajstić information content (AvgIpc) is 3.53. The van der Waals surface area contributed by atoms with E-state index in [1.54, 1.807) is 6.07 Å². The fourth-order valence-electron chi connectivity index (χ4n) is 4.23. The van der Waals surface area contributed by atoms with Crippen molar-refractivity contribution in [2.45, 2.75) is 18.9 Å². The summed E-state index contributed by atoms with van der Waals surface area (Å²) < 4.78 is 16.6. The number of fused-ring (bicyclic) bond motifs is 1. The maximum absolute atomic E-state index is 12.8. The van der Waals surface area contributed by atoms with Crippen LogP contribution in [0.25, 0.3) is 11.3 Å². The minimum absolute atomic E-state index is 0.0133. The molecule has 166 valence electrons. The van der Waals surface area contributed by atoms with Gasteiger partial charge < -0.3 is 19.3 Å². The standard InChI is InChI=1S/C24H24ClN3O4/c25-18-6-2-1-5-17(18)20(28-9-3-4-10-28)15-26-24(29)19-14-22(32-27-19)16-7-8-21-23(13-16)31-12-11-30-21/h1-2,5-8,13-14,20H,3-4,9-12,15H2,(H,26,29). The van der Waals surface area contributed by atoms with Crippen LogP contribution in [0.15, 0.2) is 53.1 Å². The third-order valence-electron chi connectivity index (χ3n) is 5.87. The van der Waals surface area contributed by atoms with Gasteiger partial charge in [0.15, 0.2) is 23.0 Å². The second kappa shape index (κ2) is 9.22. The zero-order valence-electron chi connectivity index (χ0n) is 17.6. The summed E-state index contributed by atoms with van der Waals surface area (Å²) in [6.45, 7) is 3.46. The quantitative estimate of drug-likeness (QED) is 0.598. The summed E-state index contributed by atoms with van der Waals surface area (Å²) in [5.41, 5.74) is 2.02. The highest BCUT2D eigenvalue weighted by Crippen LogP contribution is 2.35. The van der Waals surface area contributed by atoms with E-state index < -0.39 is 0 Å². The molecule has 1 amide bonds. The van der Waals surface area contributed by atoms with Crippen LogP contribution in [0.3, 0.4) is 0 Å². The number of ether oxygens (including phenoxy) is 2. The van der Waals surface area contributed by atoms with Crippen molar-refractivity contribution in [1.82, 2.24) is 15.4 Å². The van der Waals surface area contributed by atoms with Crippen LogP contribution in [0.5, 0.6) is 11.5 Å². The predicted molar refractivity (Wildman–Crippen MR) is 120 cm³/mol. The van der Waals surface area contributed by atoms with Crippen LogP contribution in [0.2, 0.25) is 5.02 Å². The maximum atomic E-state index is 12.8. The van der Waals surface area contributed by atoms with Crippen molar-refractivity contribution in [1.29, 1.82) is 0 Å². The first-order valence-electron chi connectivity index (χ1n) is 10.8. The van der Waals surface area contributed by atoms with E-state index in [2.05, 4.69) is 15.4 Å². The molecule has 1 aromatic heterocycles. The van der Waals surface area contributed by atoms with Crippen molar-refractivity contribution in [3.63, 3.8) is 0 Å². The molecule has 1 N–H and O–H groups in total. The van der Waals surface area contributed by atoms with Crippen LogP contribution < -0.4 is 14.8 Å². The Kier molecular flexibility index (Phi) is 6.01. The summed E-state index contributed by atoms with van der Waals surface area (Å²) in [4.78, 5) is 15.2. The Bertz CT molecular complexity index is 1110. The van der Waals surface area contributed by atoms with Gasteiger partial charge in [-0.25, -0.2) is 0 Å². The first-order chi connectivity index (χ1) is 15.7. The van der Waals surface area contributed by atoms with E-state index in [1.165, 1.54) is 0 Å². The minimum atomic E-state index is -0.284. The molecule has 32 heavy (non-hydrogen) atoms. The van der Waals surface area contributed by atoms with Gasteiger partial charge in [0.25, 0.3) is 5.91 Å². The van der Waals surface area contributed by atoms with Gasteiger partial charge >= 0.3 is 0 Å². The highest BCUT2D eigenvalue weighted by molar-refractivity contribution is 6.31. The number of hydrogen-bond donors (Lipinski definition) is 1. The molecular formula is C24H24ClN3O4. The number of carbonyl (C=O) groups is 1. The van der Waals surface area contributed by atoms with Crippen molar-refractivity contribution in [3.8, 4) is 22.8 Å². The van der Waals surface area contributed by atoms with Crippen molar-refractivity contribution in [2.75, 3.05) is 32.8 Å². The number of likely N-dealkylation sites (tertiary alicyclic amines) is 1. The van der Waals surface area contributed by atoms with Gasteiger partial charge in [-0.05, 0) is 55.8 Å². The molecule has 1 fully saturated rings. The Morgan fingerprint density at radius 3 is 2.66 bits per heavy atom. The second-order valence-corrected chi connectivity index (χ2v) is 8.33.